The maximum atomic E-state index is 13.9. The van der Waals surface area contributed by atoms with Gasteiger partial charge in [-0.3, -0.25) is 9.80 Å². The molecule has 136 valence electrons. The molecule has 1 aliphatic rings. The van der Waals surface area contributed by atoms with Gasteiger partial charge in [0, 0.05) is 56.6 Å². The largest absolute Gasteiger partial charge is 0.396 e. The first-order chi connectivity index (χ1) is 12.1. The van der Waals surface area contributed by atoms with Crippen LogP contribution in [-0.4, -0.2) is 63.0 Å². The maximum Gasteiger partial charge on any atom is 0.148 e. The Bertz CT molecular complexity index is 688. The summed E-state index contributed by atoms with van der Waals surface area (Å²) in [5.41, 5.74) is 1.54. The van der Waals surface area contributed by atoms with Crippen LogP contribution in [0.3, 0.4) is 0 Å². The van der Waals surface area contributed by atoms with Crippen LogP contribution in [0.15, 0.2) is 36.7 Å². The van der Waals surface area contributed by atoms with Gasteiger partial charge in [0.15, 0.2) is 0 Å². The van der Waals surface area contributed by atoms with E-state index >= 15 is 0 Å². The summed E-state index contributed by atoms with van der Waals surface area (Å²) in [5.74, 6) is -0.272. The lowest BCUT2D eigenvalue weighted by Gasteiger charge is -2.43. The summed E-state index contributed by atoms with van der Waals surface area (Å²) >= 11 is 0. The van der Waals surface area contributed by atoms with Gasteiger partial charge in [-0.25, -0.2) is 9.07 Å². The third-order valence-corrected chi connectivity index (χ3v) is 4.88. The minimum absolute atomic E-state index is 0.215. The minimum atomic E-state index is -0.272. The molecule has 0 spiro atoms. The second kappa shape index (κ2) is 8.08. The van der Waals surface area contributed by atoms with E-state index in [2.05, 4.69) is 28.7 Å². The van der Waals surface area contributed by atoms with Crippen molar-refractivity contribution in [1.82, 2.24) is 19.6 Å². The van der Waals surface area contributed by atoms with E-state index in [1.807, 2.05) is 18.5 Å². The molecule has 2 heterocycles. The molecule has 0 radical (unpaired) electrons. The molecule has 0 bridgehead atoms. The zero-order chi connectivity index (χ0) is 17.8. The van der Waals surface area contributed by atoms with Crippen molar-refractivity contribution < 1.29 is 9.50 Å². The number of rotatable bonds is 6. The summed E-state index contributed by atoms with van der Waals surface area (Å²) in [4.78, 5) is 4.86. The van der Waals surface area contributed by atoms with Gasteiger partial charge in [-0.15, -0.1) is 0 Å². The first kappa shape index (κ1) is 18.0. The second-order valence-corrected chi connectivity index (χ2v) is 6.98. The SMILES string of the molecule is CC(C)N1CCN(Cc2cnn(-c3ccccc3F)c2)CC1CCO. The highest BCUT2D eigenvalue weighted by molar-refractivity contribution is 5.32. The number of nitrogens with zero attached hydrogens (tertiary/aromatic N) is 4. The van der Waals surface area contributed by atoms with Crippen LogP contribution in [0.5, 0.6) is 0 Å². The molecule has 1 atom stereocenters. The van der Waals surface area contributed by atoms with E-state index in [1.54, 1.807) is 16.8 Å². The van der Waals surface area contributed by atoms with Crippen molar-refractivity contribution in [2.75, 3.05) is 26.2 Å². The van der Waals surface area contributed by atoms with Gasteiger partial charge in [0.2, 0.25) is 0 Å². The van der Waals surface area contributed by atoms with E-state index in [9.17, 15) is 9.50 Å². The molecule has 0 aliphatic carbocycles. The first-order valence-corrected chi connectivity index (χ1v) is 8.96. The number of hydrogen-bond acceptors (Lipinski definition) is 4. The fraction of sp³-hybridized carbons (Fsp3) is 0.526. The average Bonchev–Trinajstić information content (AvgIpc) is 3.04. The Morgan fingerprint density at radius 3 is 2.80 bits per heavy atom. The maximum absolute atomic E-state index is 13.9. The van der Waals surface area contributed by atoms with Crippen LogP contribution < -0.4 is 0 Å². The lowest BCUT2D eigenvalue weighted by atomic mass is 10.1. The minimum Gasteiger partial charge on any atom is -0.396 e. The highest BCUT2D eigenvalue weighted by Crippen LogP contribution is 2.19. The molecular formula is C19H27FN4O. The molecule has 5 nitrogen and oxygen atoms in total. The molecule has 1 aromatic carbocycles. The lowest BCUT2D eigenvalue weighted by Crippen LogP contribution is -2.55. The summed E-state index contributed by atoms with van der Waals surface area (Å²) in [6, 6.07) is 7.53. The Hall–Kier alpha value is -1.76. The predicted molar refractivity (Wildman–Crippen MR) is 96.1 cm³/mol. The number of aliphatic hydroxyl groups is 1. The monoisotopic (exact) mass is 346 g/mol. The van der Waals surface area contributed by atoms with Crippen LogP contribution in [0.1, 0.15) is 25.8 Å². The van der Waals surface area contributed by atoms with Gasteiger partial charge in [0.25, 0.3) is 0 Å². The summed E-state index contributed by atoms with van der Waals surface area (Å²) in [6.45, 7) is 8.35. The summed E-state index contributed by atoms with van der Waals surface area (Å²) in [7, 11) is 0. The average molecular weight is 346 g/mol. The molecule has 1 fully saturated rings. The van der Waals surface area contributed by atoms with Crippen molar-refractivity contribution in [3.63, 3.8) is 0 Å². The third kappa shape index (κ3) is 4.26. The van der Waals surface area contributed by atoms with Crippen LogP contribution in [0.25, 0.3) is 5.69 Å². The zero-order valence-electron chi connectivity index (χ0n) is 15.0. The molecule has 1 unspecified atom stereocenters. The quantitative estimate of drug-likeness (QED) is 0.872. The van der Waals surface area contributed by atoms with E-state index in [4.69, 9.17) is 0 Å². The Morgan fingerprint density at radius 2 is 2.08 bits per heavy atom. The van der Waals surface area contributed by atoms with Crippen molar-refractivity contribution in [3.8, 4) is 5.69 Å². The van der Waals surface area contributed by atoms with E-state index in [0.717, 1.165) is 38.2 Å². The molecule has 1 N–H and O–H groups in total. The van der Waals surface area contributed by atoms with Crippen LogP contribution in [0.4, 0.5) is 4.39 Å². The molecule has 1 aliphatic heterocycles. The van der Waals surface area contributed by atoms with E-state index in [0.29, 0.717) is 17.8 Å². The van der Waals surface area contributed by atoms with Gasteiger partial charge >= 0.3 is 0 Å². The summed E-state index contributed by atoms with van der Waals surface area (Å²) in [6.07, 6.45) is 4.50. The number of piperazine rings is 1. The fourth-order valence-electron chi connectivity index (χ4n) is 3.63. The van der Waals surface area contributed by atoms with Crippen molar-refractivity contribution in [1.29, 1.82) is 0 Å². The molecule has 6 heteroatoms. The molecule has 2 aromatic rings. The van der Waals surface area contributed by atoms with Crippen molar-refractivity contribution >= 4 is 0 Å². The zero-order valence-corrected chi connectivity index (χ0v) is 15.0. The van der Waals surface area contributed by atoms with Crippen LogP contribution in [0, 0.1) is 5.82 Å². The smallest absolute Gasteiger partial charge is 0.148 e. The van der Waals surface area contributed by atoms with Gasteiger partial charge in [-0.2, -0.15) is 5.10 Å². The molecule has 0 amide bonds. The van der Waals surface area contributed by atoms with Crippen molar-refractivity contribution in [2.24, 2.45) is 0 Å². The fourth-order valence-corrected chi connectivity index (χ4v) is 3.63. The Morgan fingerprint density at radius 1 is 1.28 bits per heavy atom. The van der Waals surface area contributed by atoms with Gasteiger partial charge in [-0.05, 0) is 32.4 Å². The molecule has 25 heavy (non-hydrogen) atoms. The third-order valence-electron chi connectivity index (χ3n) is 4.88. The Labute approximate surface area is 148 Å². The molecule has 1 aromatic heterocycles. The molecule has 3 rings (SSSR count). The highest BCUT2D eigenvalue weighted by atomic mass is 19.1. The number of hydrogen-bond donors (Lipinski definition) is 1. The Kier molecular flexibility index (Phi) is 5.83. The summed E-state index contributed by atoms with van der Waals surface area (Å²) < 4.78 is 15.5. The van der Waals surface area contributed by atoms with Crippen molar-refractivity contribution in [2.45, 2.75) is 38.9 Å². The topological polar surface area (TPSA) is 44.5 Å². The van der Waals surface area contributed by atoms with E-state index < -0.39 is 0 Å². The highest BCUT2D eigenvalue weighted by Gasteiger charge is 2.28. The molecule has 1 saturated heterocycles. The number of benzene rings is 1. The van der Waals surface area contributed by atoms with Gasteiger partial charge in [0.1, 0.15) is 11.5 Å². The second-order valence-electron chi connectivity index (χ2n) is 6.98. The van der Waals surface area contributed by atoms with E-state index in [1.165, 1.54) is 6.07 Å². The lowest BCUT2D eigenvalue weighted by molar-refractivity contribution is 0.0349. The van der Waals surface area contributed by atoms with Crippen LogP contribution in [0.2, 0.25) is 0 Å². The molecule has 0 saturated carbocycles. The normalized spacial score (nSPS) is 19.6. The van der Waals surface area contributed by atoms with Crippen LogP contribution in [-0.2, 0) is 6.54 Å². The standard InChI is InChI=1S/C19H27FN4O/c1-15(2)23-9-8-22(14-17(23)7-10-25)12-16-11-21-24(13-16)19-6-4-3-5-18(19)20/h3-6,11,13,15,17,25H,7-10,12,14H2,1-2H3. The number of para-hydroxylation sites is 1. The van der Waals surface area contributed by atoms with Gasteiger partial charge in [0.05, 0.1) is 6.20 Å². The molecular weight excluding hydrogens is 319 g/mol. The number of aromatic nitrogens is 2. The van der Waals surface area contributed by atoms with Gasteiger partial charge in [-0.1, -0.05) is 12.1 Å². The summed E-state index contributed by atoms with van der Waals surface area (Å²) in [5, 5.41) is 13.7. The number of halogens is 1. The van der Waals surface area contributed by atoms with Crippen molar-refractivity contribution in [3.05, 3.63) is 48.0 Å². The van der Waals surface area contributed by atoms with Crippen LogP contribution >= 0.6 is 0 Å². The van der Waals surface area contributed by atoms with E-state index in [-0.39, 0.29) is 12.4 Å². The predicted octanol–water partition coefficient (Wildman–Crippen LogP) is 2.29. The first-order valence-electron chi connectivity index (χ1n) is 8.96. The van der Waals surface area contributed by atoms with Gasteiger partial charge < -0.3 is 5.11 Å². The number of aliphatic hydroxyl groups excluding tert-OH is 1. The Balaban J connectivity index is 1.66.